The smallest absolute Gasteiger partial charge is 0.282 e. The first-order valence-corrected chi connectivity index (χ1v) is 14.8. The summed E-state index contributed by atoms with van der Waals surface area (Å²) < 4.78 is 36.1. The Labute approximate surface area is 232 Å². The molecule has 12 heteroatoms. The second kappa shape index (κ2) is 10.7. The van der Waals surface area contributed by atoms with Crippen LogP contribution >= 0.6 is 0 Å². The van der Waals surface area contributed by atoms with Crippen LogP contribution in [0.3, 0.4) is 0 Å². The zero-order valence-corrected chi connectivity index (χ0v) is 23.0. The van der Waals surface area contributed by atoms with Crippen molar-refractivity contribution in [3.05, 3.63) is 66.1 Å². The highest BCUT2D eigenvalue weighted by Crippen LogP contribution is 2.35. The van der Waals surface area contributed by atoms with Crippen LogP contribution in [0, 0.1) is 0 Å². The molecule has 2 fully saturated rings. The number of ketones is 1. The molecule has 40 heavy (non-hydrogen) atoms. The molecule has 2 saturated heterocycles. The van der Waals surface area contributed by atoms with Gasteiger partial charge in [-0.2, -0.15) is 26.6 Å². The van der Waals surface area contributed by atoms with E-state index in [0.29, 0.717) is 69.1 Å². The Bertz CT molecular complexity index is 1640. The van der Waals surface area contributed by atoms with E-state index in [1.165, 1.54) is 20.0 Å². The lowest BCUT2D eigenvalue weighted by atomic mass is 9.90. The molecule has 1 aromatic carbocycles. The largest absolute Gasteiger partial charge is 0.383 e. The maximum Gasteiger partial charge on any atom is 0.282 e. The number of carbonyl (C=O) groups is 1. The van der Waals surface area contributed by atoms with Gasteiger partial charge in [-0.15, -0.1) is 0 Å². The fourth-order valence-corrected chi connectivity index (χ4v) is 7.14. The van der Waals surface area contributed by atoms with E-state index in [-0.39, 0.29) is 17.5 Å². The molecule has 208 valence electrons. The lowest BCUT2D eigenvalue weighted by Crippen LogP contribution is -2.50. The Morgan fingerprint density at radius 2 is 1.65 bits per heavy atom. The topological polar surface area (TPSA) is 136 Å². The van der Waals surface area contributed by atoms with Crippen LogP contribution in [0.5, 0.6) is 0 Å². The van der Waals surface area contributed by atoms with E-state index in [4.69, 9.17) is 15.5 Å². The molecule has 2 aliphatic rings. The molecule has 2 aliphatic heterocycles. The molecular weight excluding hydrogens is 530 g/mol. The number of aromatic nitrogens is 4. The minimum Gasteiger partial charge on any atom is -0.383 e. The molecule has 11 nitrogen and oxygen atoms in total. The van der Waals surface area contributed by atoms with Crippen molar-refractivity contribution in [1.82, 2.24) is 28.2 Å². The van der Waals surface area contributed by atoms with Gasteiger partial charge in [0.1, 0.15) is 5.82 Å². The summed E-state index contributed by atoms with van der Waals surface area (Å²) in [6.07, 6.45) is 4.53. The molecule has 0 bridgehead atoms. The number of ether oxygens (including phenoxy) is 1. The minimum atomic E-state index is -3.56. The van der Waals surface area contributed by atoms with E-state index in [9.17, 15) is 13.2 Å². The number of rotatable bonds is 6. The number of pyridine rings is 1. The van der Waals surface area contributed by atoms with Gasteiger partial charge in [0.15, 0.2) is 11.4 Å². The predicted octanol–water partition coefficient (Wildman–Crippen LogP) is 3.00. The van der Waals surface area contributed by atoms with E-state index in [1.807, 2.05) is 42.5 Å². The van der Waals surface area contributed by atoms with Crippen molar-refractivity contribution in [2.45, 2.75) is 25.7 Å². The van der Waals surface area contributed by atoms with Crippen molar-refractivity contribution < 1.29 is 17.9 Å². The molecule has 0 spiro atoms. The second-order valence-electron chi connectivity index (χ2n) is 10.1. The van der Waals surface area contributed by atoms with Crippen LogP contribution in [0.25, 0.3) is 28.0 Å². The lowest BCUT2D eigenvalue weighted by Gasteiger charge is -2.36. The summed E-state index contributed by atoms with van der Waals surface area (Å²) in [6.45, 7) is 3.67. The molecule has 0 atom stereocenters. The minimum absolute atomic E-state index is 0.122. The van der Waals surface area contributed by atoms with Crippen molar-refractivity contribution >= 4 is 27.5 Å². The molecule has 5 heterocycles. The van der Waals surface area contributed by atoms with E-state index in [0.717, 1.165) is 22.4 Å². The fraction of sp³-hybridized carbons (Fsp3) is 0.357. The number of anilines is 1. The first-order chi connectivity index (χ1) is 19.3. The summed E-state index contributed by atoms with van der Waals surface area (Å²) in [5.41, 5.74) is 11.4. The highest BCUT2D eigenvalue weighted by atomic mass is 32.2. The SMILES string of the molecule is CC(=O)c1c(C2CCN(S(=O)(=O)N3CCOCC3)CC2)nc2c(-c3ccc(-c4ccccc4)nc3)cnn2c1N. The molecule has 2 N–H and O–H groups in total. The number of Topliss-reactive ketones (excluding diaryl/α,β-unsaturated/α-hetero) is 1. The Kier molecular flexibility index (Phi) is 7.09. The van der Waals surface area contributed by atoms with Gasteiger partial charge in [0.25, 0.3) is 10.2 Å². The van der Waals surface area contributed by atoms with E-state index in [2.05, 4.69) is 10.1 Å². The zero-order valence-electron chi connectivity index (χ0n) is 22.2. The average Bonchev–Trinajstić information content (AvgIpc) is 3.42. The number of piperidine rings is 1. The lowest BCUT2D eigenvalue weighted by molar-refractivity contribution is 0.0696. The van der Waals surface area contributed by atoms with Crippen LogP contribution in [-0.4, -0.2) is 81.8 Å². The maximum atomic E-state index is 13.2. The monoisotopic (exact) mass is 561 g/mol. The van der Waals surface area contributed by atoms with Gasteiger partial charge < -0.3 is 10.5 Å². The number of hydrogen-bond acceptors (Lipinski definition) is 8. The van der Waals surface area contributed by atoms with Gasteiger partial charge in [-0.25, -0.2) is 4.98 Å². The third-order valence-corrected chi connectivity index (χ3v) is 9.71. The molecular formula is C28H31N7O4S. The van der Waals surface area contributed by atoms with Gasteiger partial charge in [-0.3, -0.25) is 9.78 Å². The first-order valence-electron chi connectivity index (χ1n) is 13.4. The van der Waals surface area contributed by atoms with Crippen LogP contribution in [0.4, 0.5) is 5.82 Å². The third-order valence-electron chi connectivity index (χ3n) is 7.67. The third kappa shape index (κ3) is 4.77. The summed E-state index contributed by atoms with van der Waals surface area (Å²) in [5.74, 6) is -0.0872. The Balaban J connectivity index is 1.31. The molecule has 4 aromatic rings. The number of morpholine rings is 1. The highest BCUT2D eigenvalue weighted by Gasteiger charge is 2.36. The zero-order chi connectivity index (χ0) is 27.9. The fourth-order valence-electron chi connectivity index (χ4n) is 5.53. The first kappa shape index (κ1) is 26.5. The van der Waals surface area contributed by atoms with E-state index in [1.54, 1.807) is 12.4 Å². The maximum absolute atomic E-state index is 13.2. The molecule has 0 unspecified atom stereocenters. The Morgan fingerprint density at radius 1 is 0.950 bits per heavy atom. The van der Waals surface area contributed by atoms with Crippen LogP contribution in [-0.2, 0) is 14.9 Å². The molecule has 3 aromatic heterocycles. The summed E-state index contributed by atoms with van der Waals surface area (Å²) in [7, 11) is -3.56. The van der Waals surface area contributed by atoms with Crippen molar-refractivity contribution in [2.24, 2.45) is 0 Å². The molecule has 0 saturated carbocycles. The Hall–Kier alpha value is -3.71. The van der Waals surface area contributed by atoms with Crippen molar-refractivity contribution in [2.75, 3.05) is 45.1 Å². The number of nitrogens with zero attached hydrogens (tertiary/aromatic N) is 6. The number of benzene rings is 1. The summed E-state index contributed by atoms with van der Waals surface area (Å²) in [4.78, 5) is 22.3. The number of fused-ring (bicyclic) bond motifs is 1. The van der Waals surface area contributed by atoms with Gasteiger partial charge >= 0.3 is 0 Å². The molecule has 0 amide bonds. The molecule has 0 aliphatic carbocycles. The van der Waals surface area contributed by atoms with E-state index >= 15 is 0 Å². The van der Waals surface area contributed by atoms with Crippen LogP contribution in [0.1, 0.15) is 41.7 Å². The normalized spacial score (nSPS) is 17.8. The van der Waals surface area contributed by atoms with Gasteiger partial charge in [-0.1, -0.05) is 36.4 Å². The number of nitrogens with two attached hydrogens (primary N) is 1. The van der Waals surface area contributed by atoms with Crippen LogP contribution in [0.15, 0.2) is 54.9 Å². The van der Waals surface area contributed by atoms with Crippen molar-refractivity contribution in [3.63, 3.8) is 0 Å². The average molecular weight is 562 g/mol. The predicted molar refractivity (Wildman–Crippen MR) is 151 cm³/mol. The molecule has 6 rings (SSSR count). The number of nitrogen functional groups attached to an aromatic ring is 1. The van der Waals surface area contributed by atoms with Crippen LogP contribution < -0.4 is 5.73 Å². The summed E-state index contributed by atoms with van der Waals surface area (Å²) in [5, 5.41) is 4.45. The highest BCUT2D eigenvalue weighted by molar-refractivity contribution is 7.86. The van der Waals surface area contributed by atoms with Gasteiger partial charge in [-0.05, 0) is 25.8 Å². The van der Waals surface area contributed by atoms with Gasteiger partial charge in [0.2, 0.25) is 0 Å². The molecule has 0 radical (unpaired) electrons. The number of hydrogen-bond donors (Lipinski definition) is 1. The van der Waals surface area contributed by atoms with Gasteiger partial charge in [0.05, 0.1) is 36.4 Å². The second-order valence-corrected chi connectivity index (χ2v) is 12.0. The summed E-state index contributed by atoms with van der Waals surface area (Å²) >= 11 is 0. The Morgan fingerprint density at radius 3 is 2.30 bits per heavy atom. The standard InChI is InChI=1S/C28H31N7O4S/c1-19(36)25-26(21-9-11-33(12-10-21)40(37,38)34-13-15-39-16-14-34)32-28-23(18-31-35(28)27(25)29)22-7-8-24(30-17-22)20-5-3-2-4-6-20/h2-8,17-18,21H,9-16,29H2,1H3. The van der Waals surface area contributed by atoms with Crippen molar-refractivity contribution in [3.8, 4) is 22.4 Å². The number of carbonyl (C=O) groups excluding carboxylic acids is 1. The van der Waals surface area contributed by atoms with Gasteiger partial charge in [0, 0.05) is 55.0 Å². The van der Waals surface area contributed by atoms with E-state index < -0.39 is 10.2 Å². The summed E-state index contributed by atoms with van der Waals surface area (Å²) in [6, 6.07) is 13.8. The quantitative estimate of drug-likeness (QED) is 0.355. The van der Waals surface area contributed by atoms with Crippen molar-refractivity contribution in [1.29, 1.82) is 0 Å². The van der Waals surface area contributed by atoms with Crippen LogP contribution in [0.2, 0.25) is 0 Å².